The number of benzene rings is 2. The molecule has 0 aliphatic heterocycles. The van der Waals surface area contributed by atoms with E-state index >= 15 is 0 Å². The van der Waals surface area contributed by atoms with Gasteiger partial charge in [0.05, 0.1) is 21.4 Å². The second-order valence-corrected chi connectivity index (χ2v) is 4.12. The number of aromatic nitrogens is 2. The van der Waals surface area contributed by atoms with E-state index in [1.165, 1.54) is 6.07 Å². The van der Waals surface area contributed by atoms with Crippen LogP contribution in [0.4, 0.5) is 11.4 Å². The predicted molar refractivity (Wildman–Crippen MR) is 72.6 cm³/mol. The monoisotopic (exact) mass is 254 g/mol. The molecule has 1 aromatic heterocycles. The lowest BCUT2D eigenvalue weighted by molar-refractivity contribution is -0.384. The van der Waals surface area contributed by atoms with Crippen molar-refractivity contribution in [1.29, 1.82) is 0 Å². The fraction of sp³-hybridized carbons (Fsp3) is 0. The highest BCUT2D eigenvalue weighted by Crippen LogP contribution is 2.35. The van der Waals surface area contributed by atoms with Crippen LogP contribution < -0.4 is 5.73 Å². The molecule has 0 spiro atoms. The van der Waals surface area contributed by atoms with E-state index in [1.54, 1.807) is 30.3 Å². The first kappa shape index (κ1) is 11.2. The number of nitrogens with two attached hydrogens (primary N) is 1. The third-order valence-corrected chi connectivity index (χ3v) is 2.98. The number of nitro benzene ring substituents is 1. The fourth-order valence-electron chi connectivity index (χ4n) is 2.13. The van der Waals surface area contributed by atoms with Gasteiger partial charge in [0.15, 0.2) is 0 Å². The van der Waals surface area contributed by atoms with Crippen molar-refractivity contribution in [2.24, 2.45) is 0 Å². The van der Waals surface area contributed by atoms with Gasteiger partial charge in [-0.1, -0.05) is 18.2 Å². The Morgan fingerprint density at radius 2 is 1.95 bits per heavy atom. The van der Waals surface area contributed by atoms with E-state index in [4.69, 9.17) is 5.73 Å². The smallest absolute Gasteiger partial charge is 0.278 e. The Morgan fingerprint density at radius 1 is 1.16 bits per heavy atom. The first-order valence-corrected chi connectivity index (χ1v) is 5.65. The van der Waals surface area contributed by atoms with Crippen LogP contribution in [0.5, 0.6) is 0 Å². The van der Waals surface area contributed by atoms with Crippen LogP contribution in [0.2, 0.25) is 0 Å². The molecule has 19 heavy (non-hydrogen) atoms. The summed E-state index contributed by atoms with van der Waals surface area (Å²) in [4.78, 5) is 10.7. The molecule has 3 N–H and O–H groups in total. The number of nitrogens with one attached hydrogen (secondary N) is 1. The van der Waals surface area contributed by atoms with E-state index in [0.29, 0.717) is 22.3 Å². The highest BCUT2D eigenvalue weighted by atomic mass is 16.6. The minimum Gasteiger partial charge on any atom is -0.398 e. The number of nitrogens with zero attached hydrogens (tertiary/aromatic N) is 2. The molecule has 0 bridgehead atoms. The van der Waals surface area contributed by atoms with Gasteiger partial charge >= 0.3 is 0 Å². The number of nitrogen functional groups attached to an aromatic ring is 1. The summed E-state index contributed by atoms with van der Waals surface area (Å²) >= 11 is 0. The Morgan fingerprint density at radius 3 is 2.74 bits per heavy atom. The van der Waals surface area contributed by atoms with Crippen molar-refractivity contribution in [1.82, 2.24) is 10.2 Å². The van der Waals surface area contributed by atoms with Gasteiger partial charge in [0.2, 0.25) is 0 Å². The highest BCUT2D eigenvalue weighted by Gasteiger charge is 2.19. The van der Waals surface area contributed by atoms with E-state index in [2.05, 4.69) is 10.2 Å². The van der Waals surface area contributed by atoms with Crippen LogP contribution in [0.1, 0.15) is 0 Å². The van der Waals surface area contributed by atoms with Crippen LogP contribution in [0, 0.1) is 10.1 Å². The molecule has 2 aromatic carbocycles. The molecule has 94 valence electrons. The molecule has 6 nitrogen and oxygen atoms in total. The molecule has 0 aliphatic carbocycles. The van der Waals surface area contributed by atoms with Gasteiger partial charge in [-0.15, -0.1) is 0 Å². The van der Waals surface area contributed by atoms with Gasteiger partial charge in [0.25, 0.3) is 5.69 Å². The molecule has 0 radical (unpaired) electrons. The van der Waals surface area contributed by atoms with Crippen LogP contribution in [0.25, 0.3) is 22.2 Å². The fourth-order valence-corrected chi connectivity index (χ4v) is 2.13. The van der Waals surface area contributed by atoms with E-state index < -0.39 is 4.92 Å². The number of hydrogen-bond donors (Lipinski definition) is 2. The predicted octanol–water partition coefficient (Wildman–Crippen LogP) is 2.72. The second-order valence-electron chi connectivity index (χ2n) is 4.12. The van der Waals surface area contributed by atoms with Crippen molar-refractivity contribution >= 4 is 22.3 Å². The third-order valence-electron chi connectivity index (χ3n) is 2.98. The van der Waals surface area contributed by atoms with E-state index in [9.17, 15) is 10.1 Å². The average molecular weight is 254 g/mol. The van der Waals surface area contributed by atoms with Gasteiger partial charge in [-0.3, -0.25) is 15.2 Å². The van der Waals surface area contributed by atoms with E-state index in [1.807, 2.05) is 6.07 Å². The number of nitro groups is 1. The van der Waals surface area contributed by atoms with Crippen LogP contribution in [-0.2, 0) is 0 Å². The Bertz CT molecular complexity index is 779. The number of para-hydroxylation sites is 1. The third kappa shape index (κ3) is 1.70. The molecule has 6 heteroatoms. The summed E-state index contributed by atoms with van der Waals surface area (Å²) in [5, 5.41) is 18.8. The van der Waals surface area contributed by atoms with E-state index in [-0.39, 0.29) is 5.69 Å². The van der Waals surface area contributed by atoms with Crippen molar-refractivity contribution in [2.45, 2.75) is 0 Å². The largest absolute Gasteiger partial charge is 0.398 e. The lowest BCUT2D eigenvalue weighted by atomic mass is 10.0. The topological polar surface area (TPSA) is 97.8 Å². The summed E-state index contributed by atoms with van der Waals surface area (Å²) in [6.07, 6.45) is 0. The van der Waals surface area contributed by atoms with Gasteiger partial charge in [-0.05, 0) is 18.2 Å². The highest BCUT2D eigenvalue weighted by molar-refractivity contribution is 6.02. The number of aromatic amines is 1. The maximum atomic E-state index is 11.1. The minimum atomic E-state index is -0.422. The molecule has 0 amide bonds. The van der Waals surface area contributed by atoms with Crippen molar-refractivity contribution in [3.63, 3.8) is 0 Å². The molecule has 1 heterocycles. The summed E-state index contributed by atoms with van der Waals surface area (Å²) in [5.74, 6) is 0. The number of H-pyrrole nitrogens is 1. The van der Waals surface area contributed by atoms with Crippen molar-refractivity contribution < 1.29 is 4.92 Å². The summed E-state index contributed by atoms with van der Waals surface area (Å²) in [6.45, 7) is 0. The standard InChI is InChI=1S/C13H10N4O2/c14-9-5-3-6-10-12(9)13(16-15-10)8-4-1-2-7-11(8)17(18)19/h1-7H,14H2,(H,15,16). The first-order valence-electron chi connectivity index (χ1n) is 5.65. The Kier molecular flexibility index (Phi) is 2.42. The first-order chi connectivity index (χ1) is 9.18. The molecule has 0 aliphatic rings. The van der Waals surface area contributed by atoms with Crippen LogP contribution >= 0.6 is 0 Å². The lowest BCUT2D eigenvalue weighted by Gasteiger charge is -2.01. The Labute approximate surface area is 108 Å². The minimum absolute atomic E-state index is 0.0131. The molecule has 0 atom stereocenters. The molecular formula is C13H10N4O2. The van der Waals surface area contributed by atoms with Gasteiger partial charge in [-0.25, -0.2) is 0 Å². The molecule has 0 unspecified atom stereocenters. The van der Waals surface area contributed by atoms with E-state index in [0.717, 1.165) is 5.52 Å². The van der Waals surface area contributed by atoms with Crippen LogP contribution in [0.3, 0.4) is 0 Å². The number of rotatable bonds is 2. The molecule has 0 fully saturated rings. The lowest BCUT2D eigenvalue weighted by Crippen LogP contribution is -1.93. The Balaban J connectivity index is 2.34. The van der Waals surface area contributed by atoms with Gasteiger partial charge in [0, 0.05) is 11.8 Å². The summed E-state index contributed by atoms with van der Waals surface area (Å²) < 4.78 is 0. The summed E-state index contributed by atoms with van der Waals surface area (Å²) in [7, 11) is 0. The summed E-state index contributed by atoms with van der Waals surface area (Å²) in [6, 6.07) is 11.9. The normalized spacial score (nSPS) is 10.7. The molecule has 0 saturated carbocycles. The van der Waals surface area contributed by atoms with Crippen LogP contribution in [-0.4, -0.2) is 15.1 Å². The van der Waals surface area contributed by atoms with Crippen molar-refractivity contribution in [3.05, 3.63) is 52.6 Å². The second kappa shape index (κ2) is 4.09. The average Bonchev–Trinajstić information content (AvgIpc) is 2.84. The van der Waals surface area contributed by atoms with Crippen molar-refractivity contribution in [2.75, 3.05) is 5.73 Å². The SMILES string of the molecule is Nc1cccc2[nH]nc(-c3ccccc3[N+](=O)[O-])c12. The molecule has 3 rings (SSSR count). The molecule has 3 aromatic rings. The van der Waals surface area contributed by atoms with Gasteiger partial charge in [-0.2, -0.15) is 5.10 Å². The number of fused-ring (bicyclic) bond motifs is 1. The number of anilines is 1. The molecular weight excluding hydrogens is 244 g/mol. The van der Waals surface area contributed by atoms with Crippen LogP contribution in [0.15, 0.2) is 42.5 Å². The maximum absolute atomic E-state index is 11.1. The maximum Gasteiger partial charge on any atom is 0.278 e. The van der Waals surface area contributed by atoms with Gasteiger partial charge in [0.1, 0.15) is 5.69 Å². The zero-order valence-corrected chi connectivity index (χ0v) is 9.83. The summed E-state index contributed by atoms with van der Waals surface area (Å²) in [5.41, 5.74) is 8.20. The quantitative estimate of drug-likeness (QED) is 0.417. The van der Waals surface area contributed by atoms with Crippen molar-refractivity contribution in [3.8, 4) is 11.3 Å². The zero-order valence-electron chi connectivity index (χ0n) is 9.83. The number of hydrogen-bond acceptors (Lipinski definition) is 4. The zero-order chi connectivity index (χ0) is 13.4. The molecule has 0 saturated heterocycles. The Hall–Kier alpha value is -2.89. The van der Waals surface area contributed by atoms with Gasteiger partial charge < -0.3 is 5.73 Å².